The van der Waals surface area contributed by atoms with E-state index in [2.05, 4.69) is 44.0 Å². The summed E-state index contributed by atoms with van der Waals surface area (Å²) in [6.45, 7) is 5.52. The van der Waals surface area contributed by atoms with Gasteiger partial charge in [-0.2, -0.15) is 0 Å². The number of piperidine rings is 2. The van der Waals surface area contributed by atoms with Crippen LogP contribution in [0.3, 0.4) is 0 Å². The van der Waals surface area contributed by atoms with E-state index in [1.165, 1.54) is 22.3 Å². The Kier molecular flexibility index (Phi) is 12.8. The first-order chi connectivity index (χ1) is 32.1. The Hall–Kier alpha value is -7.08. The van der Waals surface area contributed by atoms with Gasteiger partial charge in [0.25, 0.3) is 0 Å². The lowest BCUT2D eigenvalue weighted by Crippen LogP contribution is -2.39. The molecule has 2 amide bonds. The number of hydrogen-bond donors (Lipinski definition) is 0. The van der Waals surface area contributed by atoms with Gasteiger partial charge in [0.1, 0.15) is 23.0 Å². The van der Waals surface area contributed by atoms with Crippen LogP contribution in [0.1, 0.15) is 95.4 Å². The predicted octanol–water partition coefficient (Wildman–Crippen LogP) is 9.78. The van der Waals surface area contributed by atoms with Gasteiger partial charge in [-0.25, -0.2) is 9.97 Å². The number of amides is 2. The first-order valence-corrected chi connectivity index (χ1v) is 22.9. The summed E-state index contributed by atoms with van der Waals surface area (Å²) in [7, 11) is 6.72. The van der Waals surface area contributed by atoms with Crippen molar-refractivity contribution in [1.82, 2.24) is 28.9 Å². The van der Waals surface area contributed by atoms with Crippen LogP contribution in [0, 0.1) is 13.8 Å². The van der Waals surface area contributed by atoms with Crippen LogP contribution < -0.4 is 18.9 Å². The Morgan fingerprint density at radius 2 is 0.985 bits per heavy atom. The minimum atomic E-state index is 0.142. The number of benzene rings is 4. The summed E-state index contributed by atoms with van der Waals surface area (Å²) >= 11 is 0. The van der Waals surface area contributed by atoms with Gasteiger partial charge in [0.15, 0.2) is 0 Å². The zero-order valence-electron chi connectivity index (χ0n) is 38.8. The standard InChI is InChI=1S/2C27H29N3O3/c2*1-18-16-29(17-28-18)25-10-6-19(14-26(25)33-3)13-21-5-4-12-30(27(21)31)24-11-7-20-15-22(32-2)8-9-23(20)24/h2*6,8-10,13-17,24H,4-5,7,11-12H2,1-3H3/b2*21-13+/t2*24-/m10/s1. The predicted molar refractivity (Wildman–Crippen MR) is 256 cm³/mol. The first-order valence-electron chi connectivity index (χ1n) is 22.9. The van der Waals surface area contributed by atoms with Gasteiger partial charge >= 0.3 is 0 Å². The highest BCUT2D eigenvalue weighted by atomic mass is 16.5. The van der Waals surface area contributed by atoms with Crippen LogP contribution in [-0.4, -0.2) is 82.2 Å². The first kappa shape index (κ1) is 44.1. The normalized spacial score (nSPS) is 19.1. The number of aromatic nitrogens is 4. The molecule has 0 unspecified atom stereocenters. The molecule has 10 rings (SSSR count). The van der Waals surface area contributed by atoms with Gasteiger partial charge in [0, 0.05) is 36.6 Å². The van der Waals surface area contributed by atoms with E-state index < -0.39 is 0 Å². The second-order valence-corrected chi connectivity index (χ2v) is 17.5. The van der Waals surface area contributed by atoms with Gasteiger partial charge < -0.3 is 37.9 Å². The summed E-state index contributed by atoms with van der Waals surface area (Å²) in [6, 6.07) is 24.8. The van der Waals surface area contributed by atoms with Gasteiger partial charge in [-0.3, -0.25) is 9.59 Å². The Morgan fingerprint density at radius 3 is 1.36 bits per heavy atom. The molecule has 2 saturated heterocycles. The van der Waals surface area contributed by atoms with Crippen molar-refractivity contribution in [2.24, 2.45) is 0 Å². The summed E-state index contributed by atoms with van der Waals surface area (Å²) in [5.74, 6) is 3.54. The van der Waals surface area contributed by atoms with E-state index >= 15 is 0 Å². The minimum Gasteiger partial charge on any atom is -0.497 e. The molecule has 340 valence electrons. The largest absolute Gasteiger partial charge is 0.497 e. The third-order valence-corrected chi connectivity index (χ3v) is 13.4. The minimum absolute atomic E-state index is 0.142. The van der Waals surface area contributed by atoms with Crippen molar-refractivity contribution in [3.05, 3.63) is 154 Å². The monoisotopic (exact) mass is 886 g/mol. The molecule has 4 aliphatic rings. The van der Waals surface area contributed by atoms with E-state index in [9.17, 15) is 9.59 Å². The van der Waals surface area contributed by atoms with Gasteiger partial charge in [0.05, 0.1) is 75.9 Å². The molecule has 6 aromatic rings. The molecule has 0 radical (unpaired) electrons. The Balaban J connectivity index is 0.000000166. The second kappa shape index (κ2) is 19.2. The van der Waals surface area contributed by atoms with Gasteiger partial charge in [-0.15, -0.1) is 0 Å². The summed E-state index contributed by atoms with van der Waals surface area (Å²) in [4.78, 5) is 39.7. The number of rotatable bonds is 10. The van der Waals surface area contributed by atoms with Crippen molar-refractivity contribution in [3.8, 4) is 34.4 Å². The molecule has 0 bridgehead atoms. The zero-order chi connectivity index (χ0) is 45.9. The quantitative estimate of drug-likeness (QED) is 0.125. The molecule has 2 atom stereocenters. The van der Waals surface area contributed by atoms with Crippen molar-refractivity contribution < 1.29 is 28.5 Å². The fourth-order valence-electron chi connectivity index (χ4n) is 10.1. The fourth-order valence-corrected chi connectivity index (χ4v) is 10.1. The molecule has 0 spiro atoms. The molecule has 2 fully saturated rings. The molecule has 2 aromatic heterocycles. The molecule has 4 aromatic carbocycles. The highest BCUT2D eigenvalue weighted by Crippen LogP contribution is 2.42. The Labute approximate surface area is 387 Å². The molecular formula is C54H58N6O6. The van der Waals surface area contributed by atoms with E-state index in [1.807, 2.05) is 96.1 Å². The van der Waals surface area contributed by atoms with Crippen LogP contribution in [0.15, 0.2) is 109 Å². The molecule has 4 heterocycles. The molecule has 0 N–H and O–H groups in total. The maximum absolute atomic E-state index is 13.5. The van der Waals surface area contributed by atoms with Crippen LogP contribution >= 0.6 is 0 Å². The third kappa shape index (κ3) is 8.96. The number of ether oxygens (including phenoxy) is 4. The van der Waals surface area contributed by atoms with Crippen LogP contribution in [0.5, 0.6) is 23.0 Å². The van der Waals surface area contributed by atoms with Crippen molar-refractivity contribution in [2.45, 2.75) is 77.3 Å². The van der Waals surface area contributed by atoms with Crippen molar-refractivity contribution in [3.63, 3.8) is 0 Å². The Morgan fingerprint density at radius 1 is 0.545 bits per heavy atom. The maximum atomic E-state index is 13.5. The van der Waals surface area contributed by atoms with Gasteiger partial charge in [-0.1, -0.05) is 24.3 Å². The smallest absolute Gasteiger partial charge is 0.250 e. The van der Waals surface area contributed by atoms with Crippen molar-refractivity contribution >= 4 is 24.0 Å². The topological polar surface area (TPSA) is 113 Å². The highest BCUT2D eigenvalue weighted by Gasteiger charge is 2.36. The van der Waals surface area contributed by atoms with E-state index in [0.29, 0.717) is 0 Å². The Bertz CT molecular complexity index is 2650. The van der Waals surface area contributed by atoms with Crippen LogP contribution in [0.25, 0.3) is 23.5 Å². The number of methoxy groups -OCH3 is 4. The lowest BCUT2D eigenvalue weighted by Gasteiger charge is -2.34. The highest BCUT2D eigenvalue weighted by molar-refractivity contribution is 5.99. The lowest BCUT2D eigenvalue weighted by molar-refractivity contribution is -0.131. The fraction of sp³-hybridized carbons (Fsp3) is 0.333. The van der Waals surface area contributed by atoms with E-state index in [0.717, 1.165) is 132 Å². The van der Waals surface area contributed by atoms with Crippen LogP contribution in [0.4, 0.5) is 0 Å². The summed E-state index contributed by atoms with van der Waals surface area (Å²) in [5, 5.41) is 0. The van der Waals surface area contributed by atoms with Gasteiger partial charge in [-0.05, 0) is 159 Å². The molecule has 66 heavy (non-hydrogen) atoms. The van der Waals surface area contributed by atoms with E-state index in [4.69, 9.17) is 18.9 Å². The number of carbonyl (C=O) groups is 2. The average molecular weight is 887 g/mol. The SMILES string of the molecule is COc1ccc2c(c1)CC[C@@H]2N1CCC/C(=C\c2ccc(-n3cnc(C)c3)c(OC)c2)C1=O.COc1ccc2c(c1)CC[C@H]2N1CCC/C(=C\c2ccc(-n3cnc(C)c3)c(OC)c2)C1=O. The molecular weight excluding hydrogens is 829 g/mol. The van der Waals surface area contributed by atoms with Crippen molar-refractivity contribution in [1.29, 1.82) is 0 Å². The van der Waals surface area contributed by atoms with Crippen LogP contribution in [-0.2, 0) is 22.4 Å². The second-order valence-electron chi connectivity index (χ2n) is 17.5. The zero-order valence-corrected chi connectivity index (χ0v) is 38.8. The molecule has 12 nitrogen and oxygen atoms in total. The van der Waals surface area contributed by atoms with Crippen molar-refractivity contribution in [2.75, 3.05) is 41.5 Å². The van der Waals surface area contributed by atoms with Crippen LogP contribution in [0.2, 0.25) is 0 Å². The van der Waals surface area contributed by atoms with E-state index in [1.54, 1.807) is 41.1 Å². The average Bonchev–Trinajstić information content (AvgIpc) is 4.17. The summed E-state index contributed by atoms with van der Waals surface area (Å²) < 4.78 is 25.9. The molecule has 12 heteroatoms. The number of likely N-dealkylation sites (tertiary alicyclic amines) is 2. The number of carbonyl (C=O) groups excluding carboxylic acids is 2. The number of nitrogens with zero attached hydrogens (tertiary/aromatic N) is 6. The number of aryl methyl sites for hydroxylation is 4. The number of imidazole rings is 2. The van der Waals surface area contributed by atoms with E-state index in [-0.39, 0.29) is 23.9 Å². The van der Waals surface area contributed by atoms with Gasteiger partial charge in [0.2, 0.25) is 11.8 Å². The summed E-state index contributed by atoms with van der Waals surface area (Å²) in [6.07, 6.45) is 19.0. The molecule has 0 saturated carbocycles. The number of hydrogen-bond acceptors (Lipinski definition) is 8. The third-order valence-electron chi connectivity index (χ3n) is 13.4. The molecule has 2 aliphatic heterocycles. The lowest BCUT2D eigenvalue weighted by atomic mass is 9.97. The molecule has 2 aliphatic carbocycles. The number of fused-ring (bicyclic) bond motifs is 2. The summed E-state index contributed by atoms with van der Waals surface area (Å²) in [5.41, 5.74) is 12.5. The maximum Gasteiger partial charge on any atom is 0.250 e.